The van der Waals surface area contributed by atoms with Crippen LogP contribution in [-0.4, -0.2) is 16.5 Å². The molecule has 1 aromatic rings. The Labute approximate surface area is 94.2 Å². The molecule has 2 rings (SSSR count). The van der Waals surface area contributed by atoms with Gasteiger partial charge in [0.05, 0.1) is 6.20 Å². The molecular weight excluding hydrogens is 212 g/mol. The molecule has 0 radical (unpaired) electrons. The fourth-order valence-electron chi connectivity index (χ4n) is 1.59. The smallest absolute Gasteiger partial charge is 0.222 e. The summed E-state index contributed by atoms with van der Waals surface area (Å²) in [6.45, 7) is 3.13. The Hall–Kier alpha value is -1.03. The van der Waals surface area contributed by atoms with Crippen molar-refractivity contribution in [3.8, 4) is 0 Å². The van der Waals surface area contributed by atoms with Gasteiger partial charge in [0.2, 0.25) is 5.95 Å². The first kappa shape index (κ1) is 10.5. The maximum atomic E-state index is 5.93. The number of rotatable bonds is 4. The molecule has 1 atom stereocenters. The van der Waals surface area contributed by atoms with Crippen LogP contribution < -0.4 is 11.1 Å². The number of nitrogen functional groups attached to an aromatic ring is 1. The van der Waals surface area contributed by atoms with Gasteiger partial charge in [-0.1, -0.05) is 18.5 Å². The van der Waals surface area contributed by atoms with E-state index in [2.05, 4.69) is 22.2 Å². The van der Waals surface area contributed by atoms with Crippen LogP contribution in [0, 0.1) is 11.8 Å². The molecule has 15 heavy (non-hydrogen) atoms. The van der Waals surface area contributed by atoms with Gasteiger partial charge in [0, 0.05) is 6.54 Å². The van der Waals surface area contributed by atoms with E-state index in [9.17, 15) is 0 Å². The van der Waals surface area contributed by atoms with E-state index in [1.165, 1.54) is 19.0 Å². The second-order valence-electron chi connectivity index (χ2n) is 4.12. The monoisotopic (exact) mass is 226 g/mol. The van der Waals surface area contributed by atoms with Crippen LogP contribution >= 0.6 is 11.6 Å². The lowest BCUT2D eigenvalue weighted by Gasteiger charge is -2.12. The summed E-state index contributed by atoms with van der Waals surface area (Å²) >= 11 is 5.93. The molecule has 4 nitrogen and oxygen atoms in total. The van der Waals surface area contributed by atoms with Crippen molar-refractivity contribution in [2.75, 3.05) is 17.6 Å². The number of hydrogen-bond acceptors (Lipinski definition) is 4. The normalized spacial score (nSPS) is 17.5. The topological polar surface area (TPSA) is 63.8 Å². The molecule has 1 aromatic heterocycles. The molecule has 82 valence electrons. The van der Waals surface area contributed by atoms with Crippen LogP contribution in [0.15, 0.2) is 6.20 Å². The fourth-order valence-corrected chi connectivity index (χ4v) is 1.75. The summed E-state index contributed by atoms with van der Waals surface area (Å²) in [6.07, 6.45) is 4.22. The zero-order valence-electron chi connectivity index (χ0n) is 8.70. The van der Waals surface area contributed by atoms with Gasteiger partial charge in [-0.3, -0.25) is 0 Å². The quantitative estimate of drug-likeness (QED) is 0.826. The standard InChI is InChI=1S/C10H15ClN4/c1-6(7-2-3-7)4-13-9-8(11)5-14-10(12)15-9/h5-7H,2-4H2,1H3,(H3,12,13,14,15). The first-order valence-electron chi connectivity index (χ1n) is 5.18. The second kappa shape index (κ2) is 4.23. The first-order chi connectivity index (χ1) is 7.16. The fraction of sp³-hybridized carbons (Fsp3) is 0.600. The number of anilines is 2. The van der Waals surface area contributed by atoms with Gasteiger partial charge in [-0.2, -0.15) is 4.98 Å². The minimum absolute atomic E-state index is 0.251. The molecule has 0 bridgehead atoms. The van der Waals surface area contributed by atoms with E-state index in [0.29, 0.717) is 16.8 Å². The van der Waals surface area contributed by atoms with Crippen molar-refractivity contribution < 1.29 is 0 Å². The van der Waals surface area contributed by atoms with Gasteiger partial charge in [-0.15, -0.1) is 0 Å². The molecule has 3 N–H and O–H groups in total. The summed E-state index contributed by atoms with van der Waals surface area (Å²) in [6, 6.07) is 0. The average molecular weight is 227 g/mol. The summed E-state index contributed by atoms with van der Waals surface area (Å²) in [4.78, 5) is 7.86. The molecule has 0 saturated heterocycles. The molecule has 0 aliphatic heterocycles. The number of hydrogen-bond donors (Lipinski definition) is 2. The summed E-state index contributed by atoms with van der Waals surface area (Å²) in [5.41, 5.74) is 5.49. The van der Waals surface area contributed by atoms with Gasteiger partial charge in [-0.05, 0) is 24.7 Å². The number of nitrogens with one attached hydrogen (secondary N) is 1. The van der Waals surface area contributed by atoms with Crippen LogP contribution in [0.1, 0.15) is 19.8 Å². The van der Waals surface area contributed by atoms with Crippen LogP contribution in [0.5, 0.6) is 0 Å². The van der Waals surface area contributed by atoms with Gasteiger partial charge in [0.25, 0.3) is 0 Å². The second-order valence-corrected chi connectivity index (χ2v) is 4.53. The SMILES string of the molecule is CC(CNc1nc(N)ncc1Cl)C1CC1. The zero-order valence-corrected chi connectivity index (χ0v) is 9.46. The van der Waals surface area contributed by atoms with Gasteiger partial charge >= 0.3 is 0 Å². The molecule has 0 spiro atoms. The molecule has 1 aliphatic rings. The minimum atomic E-state index is 0.251. The third kappa shape index (κ3) is 2.72. The molecule has 1 saturated carbocycles. The molecule has 5 heteroatoms. The molecule has 1 unspecified atom stereocenters. The maximum Gasteiger partial charge on any atom is 0.222 e. The lowest BCUT2D eigenvalue weighted by Crippen LogP contribution is -2.14. The highest BCUT2D eigenvalue weighted by Gasteiger charge is 2.27. The van der Waals surface area contributed by atoms with Gasteiger partial charge in [0.1, 0.15) is 10.8 Å². The average Bonchev–Trinajstić information content (AvgIpc) is 3.02. The van der Waals surface area contributed by atoms with Crippen LogP contribution in [0.4, 0.5) is 11.8 Å². The number of halogens is 1. The van der Waals surface area contributed by atoms with E-state index in [0.717, 1.165) is 12.5 Å². The molecular formula is C10H15ClN4. The molecule has 0 amide bonds. The van der Waals surface area contributed by atoms with Crippen LogP contribution in [0.2, 0.25) is 5.02 Å². The van der Waals surface area contributed by atoms with Crippen LogP contribution in [-0.2, 0) is 0 Å². The highest BCUT2D eigenvalue weighted by molar-refractivity contribution is 6.32. The molecule has 1 heterocycles. The lowest BCUT2D eigenvalue weighted by atomic mass is 10.1. The Kier molecular flexibility index (Phi) is 2.95. The summed E-state index contributed by atoms with van der Waals surface area (Å²) in [5, 5.41) is 3.73. The number of nitrogens with two attached hydrogens (primary N) is 1. The highest BCUT2D eigenvalue weighted by Crippen LogP contribution is 2.36. The van der Waals surface area contributed by atoms with E-state index < -0.39 is 0 Å². The Morgan fingerprint density at radius 3 is 3.07 bits per heavy atom. The third-order valence-electron chi connectivity index (χ3n) is 2.78. The maximum absolute atomic E-state index is 5.93. The molecule has 1 fully saturated rings. The Balaban J connectivity index is 1.94. The van der Waals surface area contributed by atoms with E-state index in [4.69, 9.17) is 17.3 Å². The van der Waals surface area contributed by atoms with E-state index in [1.54, 1.807) is 0 Å². The summed E-state index contributed by atoms with van der Waals surface area (Å²) in [5.74, 6) is 2.42. The van der Waals surface area contributed by atoms with Gasteiger partial charge in [-0.25, -0.2) is 4.98 Å². The number of nitrogens with zero attached hydrogens (tertiary/aromatic N) is 2. The zero-order chi connectivity index (χ0) is 10.8. The van der Waals surface area contributed by atoms with E-state index in [-0.39, 0.29) is 5.95 Å². The predicted octanol–water partition coefficient (Wildman–Crippen LogP) is 2.17. The third-order valence-corrected chi connectivity index (χ3v) is 3.06. The largest absolute Gasteiger partial charge is 0.368 e. The van der Waals surface area contributed by atoms with Crippen molar-refractivity contribution in [1.82, 2.24) is 9.97 Å². The number of aromatic nitrogens is 2. The highest BCUT2D eigenvalue weighted by atomic mass is 35.5. The first-order valence-corrected chi connectivity index (χ1v) is 5.56. The van der Waals surface area contributed by atoms with Gasteiger partial charge < -0.3 is 11.1 Å². The van der Waals surface area contributed by atoms with Crippen molar-refractivity contribution in [2.24, 2.45) is 11.8 Å². The molecule has 1 aliphatic carbocycles. The van der Waals surface area contributed by atoms with E-state index >= 15 is 0 Å². The lowest BCUT2D eigenvalue weighted by molar-refractivity contribution is 0.536. The van der Waals surface area contributed by atoms with Crippen LogP contribution in [0.3, 0.4) is 0 Å². The Morgan fingerprint density at radius 2 is 2.40 bits per heavy atom. The predicted molar refractivity (Wildman–Crippen MR) is 61.8 cm³/mol. The Bertz CT molecular complexity index is 351. The van der Waals surface area contributed by atoms with Crippen molar-refractivity contribution in [1.29, 1.82) is 0 Å². The van der Waals surface area contributed by atoms with Gasteiger partial charge in [0.15, 0.2) is 0 Å². The van der Waals surface area contributed by atoms with Crippen molar-refractivity contribution >= 4 is 23.4 Å². The minimum Gasteiger partial charge on any atom is -0.368 e. The summed E-state index contributed by atoms with van der Waals surface area (Å²) in [7, 11) is 0. The van der Waals surface area contributed by atoms with Crippen molar-refractivity contribution in [3.63, 3.8) is 0 Å². The van der Waals surface area contributed by atoms with Crippen molar-refractivity contribution in [2.45, 2.75) is 19.8 Å². The van der Waals surface area contributed by atoms with Crippen LogP contribution in [0.25, 0.3) is 0 Å². The van der Waals surface area contributed by atoms with E-state index in [1.807, 2.05) is 0 Å². The van der Waals surface area contributed by atoms with Crippen molar-refractivity contribution in [3.05, 3.63) is 11.2 Å². The Morgan fingerprint density at radius 1 is 1.67 bits per heavy atom. The summed E-state index contributed by atoms with van der Waals surface area (Å²) < 4.78 is 0. The molecule has 0 aromatic carbocycles.